The molecule has 0 aliphatic rings. The maximum absolute atomic E-state index is 10.8. The van der Waals surface area contributed by atoms with Crippen LogP contribution in [-0.2, 0) is 9.59 Å². The molecule has 0 bridgehead atoms. The molecule has 0 rings (SSSR count). The summed E-state index contributed by atoms with van der Waals surface area (Å²) in [4.78, 5) is 21.5. The molecular formula is C13H22ClNO2. The van der Waals surface area contributed by atoms with Crippen LogP contribution in [0.3, 0.4) is 0 Å². The predicted octanol–water partition coefficient (Wildman–Crippen LogP) is 3.36. The van der Waals surface area contributed by atoms with E-state index in [2.05, 4.69) is 0 Å². The van der Waals surface area contributed by atoms with Crippen LogP contribution in [0.5, 0.6) is 0 Å². The summed E-state index contributed by atoms with van der Waals surface area (Å²) in [7, 11) is 0. The van der Waals surface area contributed by atoms with Gasteiger partial charge in [-0.25, -0.2) is 0 Å². The van der Waals surface area contributed by atoms with Gasteiger partial charge in [0.05, 0.1) is 18.4 Å². The molecule has 0 atom stereocenters. The third kappa shape index (κ3) is 10.0. The molecule has 0 aromatic heterocycles. The van der Waals surface area contributed by atoms with Gasteiger partial charge >= 0.3 is 0 Å². The summed E-state index contributed by atoms with van der Waals surface area (Å²) < 4.78 is 0. The minimum atomic E-state index is -0.351. The summed E-state index contributed by atoms with van der Waals surface area (Å²) in [5.41, 5.74) is -0.614. The lowest BCUT2D eigenvalue weighted by Crippen LogP contribution is -2.20. The Kier molecular flexibility index (Phi) is 8.10. The van der Waals surface area contributed by atoms with Crippen molar-refractivity contribution in [2.45, 2.75) is 48.0 Å². The van der Waals surface area contributed by atoms with E-state index in [0.717, 1.165) is 0 Å². The number of hydrogen-bond acceptors (Lipinski definition) is 3. The lowest BCUT2D eigenvalue weighted by molar-refractivity contribution is -0.125. The van der Waals surface area contributed by atoms with Crippen molar-refractivity contribution in [1.29, 1.82) is 5.26 Å². The van der Waals surface area contributed by atoms with E-state index in [4.69, 9.17) is 16.9 Å². The van der Waals surface area contributed by atoms with Crippen molar-refractivity contribution in [3.8, 4) is 6.07 Å². The van der Waals surface area contributed by atoms with Gasteiger partial charge in [0.15, 0.2) is 11.6 Å². The van der Waals surface area contributed by atoms with Crippen LogP contribution in [0.2, 0.25) is 0 Å². The van der Waals surface area contributed by atoms with Crippen LogP contribution in [0.1, 0.15) is 48.0 Å². The molecule has 0 aliphatic carbocycles. The van der Waals surface area contributed by atoms with E-state index in [-0.39, 0.29) is 34.7 Å². The van der Waals surface area contributed by atoms with Gasteiger partial charge in [-0.05, 0) is 0 Å². The SMILES string of the molecule is CC(C)(C)C(=O)CC#N.CC(C)(C)C(=O)CCl. The first-order chi connectivity index (χ1) is 7.46. The zero-order valence-electron chi connectivity index (χ0n) is 11.6. The zero-order chi connectivity index (χ0) is 14.3. The number of nitriles is 1. The van der Waals surface area contributed by atoms with E-state index in [1.807, 2.05) is 47.6 Å². The number of nitrogens with zero attached hydrogens (tertiary/aromatic N) is 1. The van der Waals surface area contributed by atoms with Gasteiger partial charge in [-0.2, -0.15) is 5.26 Å². The van der Waals surface area contributed by atoms with E-state index in [0.29, 0.717) is 0 Å². The van der Waals surface area contributed by atoms with Gasteiger partial charge in [-0.1, -0.05) is 41.5 Å². The Labute approximate surface area is 109 Å². The van der Waals surface area contributed by atoms with E-state index in [9.17, 15) is 9.59 Å². The van der Waals surface area contributed by atoms with Crippen LogP contribution in [-0.4, -0.2) is 17.4 Å². The maximum atomic E-state index is 10.8. The van der Waals surface area contributed by atoms with Crippen molar-refractivity contribution in [1.82, 2.24) is 0 Å². The van der Waals surface area contributed by atoms with Crippen molar-refractivity contribution >= 4 is 23.2 Å². The largest absolute Gasteiger partial charge is 0.298 e. The number of carbonyl (C=O) groups is 2. The predicted molar refractivity (Wildman–Crippen MR) is 69.9 cm³/mol. The normalized spacial score (nSPS) is 10.9. The van der Waals surface area contributed by atoms with E-state index >= 15 is 0 Å². The number of hydrogen-bond donors (Lipinski definition) is 0. The third-order valence-electron chi connectivity index (χ3n) is 2.03. The molecule has 0 radical (unpaired) electrons. The molecule has 0 heterocycles. The van der Waals surface area contributed by atoms with Gasteiger partial charge in [-0.3, -0.25) is 9.59 Å². The third-order valence-corrected chi connectivity index (χ3v) is 2.28. The Morgan fingerprint density at radius 2 is 1.35 bits per heavy atom. The van der Waals surface area contributed by atoms with Gasteiger partial charge in [0.25, 0.3) is 0 Å². The van der Waals surface area contributed by atoms with E-state index in [1.54, 1.807) is 0 Å². The van der Waals surface area contributed by atoms with Crippen molar-refractivity contribution < 1.29 is 9.59 Å². The van der Waals surface area contributed by atoms with Crippen LogP contribution in [0.4, 0.5) is 0 Å². The average molecular weight is 260 g/mol. The van der Waals surface area contributed by atoms with Crippen LogP contribution in [0.15, 0.2) is 0 Å². The highest BCUT2D eigenvalue weighted by atomic mass is 35.5. The summed E-state index contributed by atoms with van der Waals surface area (Å²) >= 11 is 5.29. The Hall–Kier alpha value is -0.880. The summed E-state index contributed by atoms with van der Waals surface area (Å²) in [6.07, 6.45) is 0.0312. The maximum Gasteiger partial charge on any atom is 0.152 e. The van der Waals surface area contributed by atoms with Gasteiger partial charge in [0.1, 0.15) is 0 Å². The fourth-order valence-electron chi connectivity index (χ4n) is 0.537. The molecule has 0 spiro atoms. The number of rotatable bonds is 2. The number of halogens is 1. The Bertz CT molecular complexity index is 303. The quantitative estimate of drug-likeness (QED) is 0.715. The number of ketones is 2. The molecular weight excluding hydrogens is 238 g/mol. The molecule has 0 amide bonds. The monoisotopic (exact) mass is 259 g/mol. The van der Waals surface area contributed by atoms with E-state index < -0.39 is 0 Å². The summed E-state index contributed by atoms with van der Waals surface area (Å²) in [5.74, 6) is 0.230. The molecule has 4 heteroatoms. The molecule has 0 aromatic rings. The van der Waals surface area contributed by atoms with Gasteiger partial charge in [-0.15, -0.1) is 11.6 Å². The van der Waals surface area contributed by atoms with Gasteiger partial charge < -0.3 is 0 Å². The molecule has 0 aromatic carbocycles. The highest BCUT2D eigenvalue weighted by Gasteiger charge is 2.20. The second-order valence-electron chi connectivity index (χ2n) is 5.81. The second kappa shape index (κ2) is 7.45. The Balaban J connectivity index is 0. The van der Waals surface area contributed by atoms with Crippen molar-refractivity contribution in [2.75, 3.05) is 5.88 Å². The van der Waals surface area contributed by atoms with Crippen LogP contribution in [0.25, 0.3) is 0 Å². The van der Waals surface area contributed by atoms with Crippen molar-refractivity contribution in [3.63, 3.8) is 0 Å². The minimum absolute atomic E-state index is 0.00463. The minimum Gasteiger partial charge on any atom is -0.298 e. The molecule has 0 saturated carbocycles. The fourth-order valence-corrected chi connectivity index (χ4v) is 0.938. The highest BCUT2D eigenvalue weighted by Crippen LogP contribution is 2.15. The van der Waals surface area contributed by atoms with Crippen LogP contribution in [0, 0.1) is 22.2 Å². The molecule has 0 aliphatic heterocycles. The lowest BCUT2D eigenvalue weighted by Gasteiger charge is -2.13. The Morgan fingerprint density at radius 3 is 1.41 bits per heavy atom. The number of alkyl halides is 1. The van der Waals surface area contributed by atoms with Crippen LogP contribution >= 0.6 is 11.6 Å². The summed E-state index contributed by atoms with van der Waals surface area (Å²) in [6.45, 7) is 11.0. The standard InChI is InChI=1S/C7H11NO.C6H11ClO/c1-7(2,3)6(9)4-5-8;1-6(2,3)5(8)4-7/h4H2,1-3H3;4H2,1-3H3. The number of carbonyl (C=O) groups excluding carboxylic acids is 2. The first-order valence-corrected chi connectivity index (χ1v) is 5.99. The second-order valence-corrected chi connectivity index (χ2v) is 6.08. The summed E-state index contributed by atoms with van der Waals surface area (Å²) in [5, 5.41) is 8.13. The first kappa shape index (κ1) is 18.5. The molecule has 17 heavy (non-hydrogen) atoms. The molecule has 0 fully saturated rings. The highest BCUT2D eigenvalue weighted by molar-refractivity contribution is 6.28. The van der Waals surface area contributed by atoms with E-state index in [1.165, 1.54) is 0 Å². The fraction of sp³-hybridized carbons (Fsp3) is 0.769. The topological polar surface area (TPSA) is 57.9 Å². The molecule has 0 saturated heterocycles. The molecule has 98 valence electrons. The number of Topliss-reactive ketones (excluding diaryl/α,β-unsaturated/α-hetero) is 2. The van der Waals surface area contributed by atoms with Crippen molar-refractivity contribution in [2.24, 2.45) is 10.8 Å². The van der Waals surface area contributed by atoms with Gasteiger partial charge in [0.2, 0.25) is 0 Å². The first-order valence-electron chi connectivity index (χ1n) is 5.46. The summed E-state index contributed by atoms with van der Waals surface area (Å²) in [6, 6.07) is 1.82. The van der Waals surface area contributed by atoms with Crippen molar-refractivity contribution in [3.05, 3.63) is 0 Å². The smallest absolute Gasteiger partial charge is 0.152 e. The zero-order valence-corrected chi connectivity index (χ0v) is 12.3. The van der Waals surface area contributed by atoms with Gasteiger partial charge in [0, 0.05) is 10.8 Å². The molecule has 0 unspecified atom stereocenters. The molecule has 3 nitrogen and oxygen atoms in total. The van der Waals surface area contributed by atoms with Crippen LogP contribution < -0.4 is 0 Å². The lowest BCUT2D eigenvalue weighted by atomic mass is 9.89. The average Bonchev–Trinajstić information content (AvgIpc) is 2.15. The molecule has 0 N–H and O–H groups in total. The Morgan fingerprint density at radius 1 is 1.00 bits per heavy atom.